The summed E-state index contributed by atoms with van der Waals surface area (Å²) in [6.45, 7) is 1.98. The fraction of sp³-hybridized carbons (Fsp3) is 0.364. The number of para-hydroxylation sites is 1. The largest absolute Gasteiger partial charge is 0.361 e. The van der Waals surface area contributed by atoms with E-state index >= 15 is 0 Å². The van der Waals surface area contributed by atoms with Gasteiger partial charge in [0.2, 0.25) is 0 Å². The standard InChI is InChI=1S/C22H25NO2S/c1-16-11-13-18(14-12-16)26(24,25)22(17-7-3-2-4-8-17)20-15-23-21-10-6-5-9-19(20)21/h5-6,9-15,17,22-23H,2-4,7-8H2,1H3. The fourth-order valence-electron chi connectivity index (χ4n) is 4.32. The van der Waals surface area contributed by atoms with Crippen molar-refractivity contribution in [1.82, 2.24) is 4.98 Å². The van der Waals surface area contributed by atoms with E-state index in [9.17, 15) is 8.42 Å². The summed E-state index contributed by atoms with van der Waals surface area (Å²) in [6, 6.07) is 15.3. The van der Waals surface area contributed by atoms with Gasteiger partial charge in [0.05, 0.1) is 10.1 Å². The molecule has 0 aliphatic heterocycles. The SMILES string of the molecule is Cc1ccc(S(=O)(=O)C(c2c[nH]c3ccccc23)C2CCCCC2)cc1. The maximum atomic E-state index is 13.7. The monoisotopic (exact) mass is 367 g/mol. The fourth-order valence-corrected chi connectivity index (χ4v) is 6.43. The Morgan fingerprint density at radius 1 is 0.962 bits per heavy atom. The summed E-state index contributed by atoms with van der Waals surface area (Å²) in [6.07, 6.45) is 7.32. The third kappa shape index (κ3) is 3.07. The Morgan fingerprint density at radius 2 is 1.65 bits per heavy atom. The van der Waals surface area contributed by atoms with E-state index in [-0.39, 0.29) is 5.92 Å². The van der Waals surface area contributed by atoms with Gasteiger partial charge in [-0.2, -0.15) is 0 Å². The van der Waals surface area contributed by atoms with Crippen molar-refractivity contribution in [1.29, 1.82) is 0 Å². The van der Waals surface area contributed by atoms with Gasteiger partial charge in [-0.3, -0.25) is 0 Å². The maximum absolute atomic E-state index is 13.7. The van der Waals surface area contributed by atoms with Crippen molar-refractivity contribution < 1.29 is 8.42 Å². The van der Waals surface area contributed by atoms with Crippen LogP contribution in [0.5, 0.6) is 0 Å². The first-order chi connectivity index (χ1) is 12.6. The normalized spacial score (nSPS) is 17.4. The first-order valence-corrected chi connectivity index (χ1v) is 11.0. The topological polar surface area (TPSA) is 49.9 Å². The number of benzene rings is 2. The van der Waals surface area contributed by atoms with Crippen LogP contribution < -0.4 is 0 Å². The summed E-state index contributed by atoms with van der Waals surface area (Å²) in [7, 11) is -3.45. The van der Waals surface area contributed by atoms with Crippen LogP contribution in [0.25, 0.3) is 10.9 Å². The molecular weight excluding hydrogens is 342 g/mol. The zero-order valence-electron chi connectivity index (χ0n) is 15.1. The molecule has 1 heterocycles. The van der Waals surface area contributed by atoms with Gasteiger partial charge >= 0.3 is 0 Å². The average molecular weight is 368 g/mol. The second-order valence-electron chi connectivity index (χ2n) is 7.47. The molecule has 1 atom stereocenters. The van der Waals surface area contributed by atoms with Gasteiger partial charge in [0.15, 0.2) is 9.84 Å². The van der Waals surface area contributed by atoms with E-state index in [0.29, 0.717) is 4.90 Å². The van der Waals surface area contributed by atoms with Gasteiger partial charge in [-0.25, -0.2) is 8.42 Å². The molecule has 3 nitrogen and oxygen atoms in total. The van der Waals surface area contributed by atoms with E-state index in [0.717, 1.165) is 47.7 Å². The summed E-state index contributed by atoms with van der Waals surface area (Å²) < 4.78 is 27.3. The molecule has 1 fully saturated rings. The van der Waals surface area contributed by atoms with Crippen LogP contribution in [-0.2, 0) is 9.84 Å². The molecular formula is C22H25NO2S. The number of H-pyrrole nitrogens is 1. The number of fused-ring (bicyclic) bond motifs is 1. The molecule has 0 spiro atoms. The van der Waals surface area contributed by atoms with Crippen LogP contribution in [0.3, 0.4) is 0 Å². The Labute approximate surface area is 155 Å². The van der Waals surface area contributed by atoms with Crippen molar-refractivity contribution in [2.24, 2.45) is 5.92 Å². The molecule has 1 saturated carbocycles. The molecule has 4 rings (SSSR count). The zero-order valence-corrected chi connectivity index (χ0v) is 15.9. The molecule has 2 aromatic carbocycles. The number of aromatic amines is 1. The summed E-state index contributed by atoms with van der Waals surface area (Å²) in [5.41, 5.74) is 3.00. The Kier molecular flexibility index (Phi) is 4.62. The maximum Gasteiger partial charge on any atom is 0.185 e. The lowest BCUT2D eigenvalue weighted by Gasteiger charge is -2.30. The highest BCUT2D eigenvalue weighted by Gasteiger charge is 2.38. The van der Waals surface area contributed by atoms with Crippen molar-refractivity contribution >= 4 is 20.7 Å². The van der Waals surface area contributed by atoms with Crippen molar-refractivity contribution in [2.75, 3.05) is 0 Å². The molecule has 1 aliphatic rings. The van der Waals surface area contributed by atoms with Crippen LogP contribution >= 0.6 is 0 Å². The van der Waals surface area contributed by atoms with Gasteiger partial charge in [-0.1, -0.05) is 55.2 Å². The molecule has 1 aliphatic carbocycles. The minimum atomic E-state index is -3.45. The van der Waals surface area contributed by atoms with Crippen LogP contribution in [0.4, 0.5) is 0 Å². The van der Waals surface area contributed by atoms with Gasteiger partial charge in [0.1, 0.15) is 0 Å². The molecule has 0 amide bonds. The van der Waals surface area contributed by atoms with Gasteiger partial charge in [0, 0.05) is 17.1 Å². The van der Waals surface area contributed by atoms with E-state index in [1.165, 1.54) is 6.42 Å². The van der Waals surface area contributed by atoms with Crippen LogP contribution in [-0.4, -0.2) is 13.4 Å². The number of sulfone groups is 1. The zero-order chi connectivity index (χ0) is 18.1. The Bertz CT molecular complexity index is 996. The van der Waals surface area contributed by atoms with Gasteiger partial charge in [-0.05, 0) is 49.4 Å². The summed E-state index contributed by atoms with van der Waals surface area (Å²) in [5, 5.41) is 0.542. The molecule has 0 radical (unpaired) electrons. The third-order valence-corrected chi connectivity index (χ3v) is 7.93. The van der Waals surface area contributed by atoms with Crippen LogP contribution in [0, 0.1) is 12.8 Å². The molecule has 1 N–H and O–H groups in total. The number of aryl methyl sites for hydroxylation is 1. The average Bonchev–Trinajstić information content (AvgIpc) is 3.07. The Hall–Kier alpha value is -2.07. The van der Waals surface area contributed by atoms with Crippen molar-refractivity contribution in [2.45, 2.75) is 49.2 Å². The molecule has 0 bridgehead atoms. The van der Waals surface area contributed by atoms with Gasteiger partial charge < -0.3 is 4.98 Å². The first-order valence-electron chi connectivity index (χ1n) is 9.44. The van der Waals surface area contributed by atoms with Crippen LogP contribution in [0.1, 0.15) is 48.5 Å². The smallest absolute Gasteiger partial charge is 0.185 e. The van der Waals surface area contributed by atoms with E-state index in [2.05, 4.69) is 4.98 Å². The Balaban J connectivity index is 1.86. The first kappa shape index (κ1) is 17.3. The lowest BCUT2D eigenvalue weighted by Crippen LogP contribution is -2.24. The third-order valence-electron chi connectivity index (χ3n) is 5.69. The predicted octanol–water partition coefficient (Wildman–Crippen LogP) is 5.57. The van der Waals surface area contributed by atoms with Crippen molar-refractivity contribution in [3.05, 3.63) is 65.9 Å². The minimum absolute atomic E-state index is 0.175. The number of hydrogen-bond acceptors (Lipinski definition) is 2. The van der Waals surface area contributed by atoms with E-state index in [4.69, 9.17) is 0 Å². The lowest BCUT2D eigenvalue weighted by atomic mass is 9.84. The molecule has 4 heteroatoms. The van der Waals surface area contributed by atoms with Crippen LogP contribution in [0.2, 0.25) is 0 Å². The molecule has 3 aromatic rings. The minimum Gasteiger partial charge on any atom is -0.361 e. The van der Waals surface area contributed by atoms with E-state index in [1.807, 2.05) is 49.5 Å². The van der Waals surface area contributed by atoms with Gasteiger partial charge in [0.25, 0.3) is 0 Å². The highest BCUT2D eigenvalue weighted by atomic mass is 32.2. The summed E-state index contributed by atoms with van der Waals surface area (Å²) >= 11 is 0. The molecule has 26 heavy (non-hydrogen) atoms. The summed E-state index contributed by atoms with van der Waals surface area (Å²) in [4.78, 5) is 3.71. The lowest BCUT2D eigenvalue weighted by molar-refractivity contribution is 0.343. The van der Waals surface area contributed by atoms with E-state index < -0.39 is 15.1 Å². The number of nitrogens with one attached hydrogen (secondary N) is 1. The highest BCUT2D eigenvalue weighted by Crippen LogP contribution is 2.44. The highest BCUT2D eigenvalue weighted by molar-refractivity contribution is 7.91. The second-order valence-corrected chi connectivity index (χ2v) is 9.54. The molecule has 1 aromatic heterocycles. The van der Waals surface area contributed by atoms with Crippen LogP contribution in [0.15, 0.2) is 59.6 Å². The molecule has 136 valence electrons. The summed E-state index contributed by atoms with van der Waals surface area (Å²) in [5.74, 6) is 0.175. The number of hydrogen-bond donors (Lipinski definition) is 1. The predicted molar refractivity (Wildman–Crippen MR) is 106 cm³/mol. The Morgan fingerprint density at radius 3 is 2.38 bits per heavy atom. The van der Waals surface area contributed by atoms with Gasteiger partial charge in [-0.15, -0.1) is 0 Å². The quantitative estimate of drug-likeness (QED) is 0.655. The van der Waals surface area contributed by atoms with Crippen molar-refractivity contribution in [3.8, 4) is 0 Å². The number of aromatic nitrogens is 1. The molecule has 1 unspecified atom stereocenters. The van der Waals surface area contributed by atoms with E-state index in [1.54, 1.807) is 12.1 Å². The molecule has 0 saturated heterocycles. The second kappa shape index (κ2) is 6.92. The van der Waals surface area contributed by atoms with Crippen molar-refractivity contribution in [3.63, 3.8) is 0 Å². The number of rotatable bonds is 4.